The molecular formula is C11H10BrFN2S. The molecule has 0 fully saturated rings. The summed E-state index contributed by atoms with van der Waals surface area (Å²) in [4.78, 5) is 5.26. The van der Waals surface area contributed by atoms with E-state index in [1.807, 2.05) is 6.92 Å². The maximum Gasteiger partial charge on any atom is 0.183 e. The van der Waals surface area contributed by atoms with Crippen molar-refractivity contribution in [1.82, 2.24) is 4.98 Å². The van der Waals surface area contributed by atoms with Gasteiger partial charge in [-0.05, 0) is 25.1 Å². The number of halogens is 2. The van der Waals surface area contributed by atoms with Crippen molar-refractivity contribution < 1.29 is 4.39 Å². The van der Waals surface area contributed by atoms with Gasteiger partial charge in [0.1, 0.15) is 5.82 Å². The molecule has 0 unspecified atom stereocenters. The van der Waals surface area contributed by atoms with Crippen molar-refractivity contribution in [3.05, 3.63) is 34.7 Å². The molecule has 0 radical (unpaired) electrons. The molecule has 2 nitrogen and oxygen atoms in total. The highest BCUT2D eigenvalue weighted by Gasteiger charge is 2.08. The van der Waals surface area contributed by atoms with E-state index in [1.165, 1.54) is 12.1 Å². The molecule has 5 heteroatoms. The van der Waals surface area contributed by atoms with Crippen LogP contribution in [-0.2, 0) is 0 Å². The maximum atomic E-state index is 12.9. The number of anilines is 1. The number of rotatable bonds is 3. The first-order valence-electron chi connectivity index (χ1n) is 4.86. The van der Waals surface area contributed by atoms with Gasteiger partial charge < -0.3 is 5.32 Å². The molecule has 84 valence electrons. The Kier molecular flexibility index (Phi) is 3.56. The summed E-state index contributed by atoms with van der Waals surface area (Å²) < 4.78 is 13.7. The summed E-state index contributed by atoms with van der Waals surface area (Å²) >= 11 is 4.91. The van der Waals surface area contributed by atoms with Crippen molar-refractivity contribution in [3.8, 4) is 10.4 Å². The monoisotopic (exact) mass is 300 g/mol. The fourth-order valence-electron chi connectivity index (χ4n) is 1.32. The fraction of sp³-hybridized carbons (Fsp3) is 0.182. The Morgan fingerprint density at radius 1 is 1.50 bits per heavy atom. The summed E-state index contributed by atoms with van der Waals surface area (Å²) in [5.74, 6) is -0.243. The molecule has 2 aromatic rings. The summed E-state index contributed by atoms with van der Waals surface area (Å²) in [6.45, 7) is 2.87. The van der Waals surface area contributed by atoms with Crippen LogP contribution in [-0.4, -0.2) is 11.5 Å². The van der Waals surface area contributed by atoms with Gasteiger partial charge >= 0.3 is 0 Å². The van der Waals surface area contributed by atoms with Crippen molar-refractivity contribution in [1.29, 1.82) is 0 Å². The molecule has 2 rings (SSSR count). The minimum atomic E-state index is -0.243. The predicted octanol–water partition coefficient (Wildman–Crippen LogP) is 4.14. The topological polar surface area (TPSA) is 24.9 Å². The summed E-state index contributed by atoms with van der Waals surface area (Å²) in [6, 6.07) is 4.66. The predicted molar refractivity (Wildman–Crippen MR) is 69.4 cm³/mol. The van der Waals surface area contributed by atoms with Crippen LogP contribution in [0.25, 0.3) is 10.4 Å². The van der Waals surface area contributed by atoms with Crippen LogP contribution in [0, 0.1) is 5.82 Å². The van der Waals surface area contributed by atoms with E-state index in [-0.39, 0.29) is 5.82 Å². The first kappa shape index (κ1) is 11.5. The average molecular weight is 301 g/mol. The second-order valence-corrected chi connectivity index (χ2v) is 5.07. The van der Waals surface area contributed by atoms with Crippen LogP contribution >= 0.6 is 27.3 Å². The molecule has 0 aliphatic rings. The minimum absolute atomic E-state index is 0.243. The van der Waals surface area contributed by atoms with Crippen LogP contribution in [0.2, 0.25) is 0 Å². The van der Waals surface area contributed by atoms with Gasteiger partial charge in [0.15, 0.2) is 5.13 Å². The van der Waals surface area contributed by atoms with Crippen molar-refractivity contribution in [3.63, 3.8) is 0 Å². The summed E-state index contributed by atoms with van der Waals surface area (Å²) in [5.41, 5.74) is 0.961. The molecule has 1 aromatic carbocycles. The summed E-state index contributed by atoms with van der Waals surface area (Å²) in [5, 5.41) is 4.03. The van der Waals surface area contributed by atoms with Gasteiger partial charge in [-0.25, -0.2) is 9.37 Å². The van der Waals surface area contributed by atoms with Crippen LogP contribution < -0.4 is 5.32 Å². The Hall–Kier alpha value is -0.940. The van der Waals surface area contributed by atoms with Crippen molar-refractivity contribution in [2.75, 3.05) is 11.9 Å². The molecule has 0 amide bonds. The molecule has 0 saturated carbocycles. The van der Waals surface area contributed by atoms with Gasteiger partial charge in [0.05, 0.1) is 4.88 Å². The first-order chi connectivity index (χ1) is 7.70. The van der Waals surface area contributed by atoms with E-state index in [4.69, 9.17) is 0 Å². The van der Waals surface area contributed by atoms with E-state index >= 15 is 0 Å². The van der Waals surface area contributed by atoms with Gasteiger partial charge in [-0.3, -0.25) is 0 Å². The Labute approximate surface area is 106 Å². The van der Waals surface area contributed by atoms with Crippen LogP contribution in [0.5, 0.6) is 0 Å². The van der Waals surface area contributed by atoms with Gasteiger partial charge in [0, 0.05) is 22.8 Å². The molecular weight excluding hydrogens is 291 g/mol. The van der Waals surface area contributed by atoms with Crippen LogP contribution in [0.1, 0.15) is 6.92 Å². The number of hydrogen-bond acceptors (Lipinski definition) is 3. The second kappa shape index (κ2) is 4.93. The highest BCUT2D eigenvalue weighted by Crippen LogP contribution is 2.34. The number of aromatic nitrogens is 1. The third-order valence-corrected chi connectivity index (χ3v) is 3.67. The molecule has 0 aliphatic heterocycles. The average Bonchev–Trinajstić information content (AvgIpc) is 2.67. The van der Waals surface area contributed by atoms with Crippen molar-refractivity contribution >= 4 is 32.4 Å². The molecule has 0 aliphatic carbocycles. The van der Waals surface area contributed by atoms with Crippen molar-refractivity contribution in [2.45, 2.75) is 6.92 Å². The van der Waals surface area contributed by atoms with Gasteiger partial charge in [0.25, 0.3) is 0 Å². The number of nitrogens with zero attached hydrogens (tertiary/aromatic N) is 1. The SMILES string of the molecule is CCNc1ncc(-c2ccc(F)cc2Br)s1. The van der Waals surface area contributed by atoms with E-state index in [9.17, 15) is 4.39 Å². The molecule has 0 spiro atoms. The van der Waals surface area contributed by atoms with E-state index in [1.54, 1.807) is 23.6 Å². The molecule has 1 N–H and O–H groups in total. The number of benzene rings is 1. The molecule has 0 atom stereocenters. The lowest BCUT2D eigenvalue weighted by Gasteiger charge is -2.00. The number of hydrogen-bond donors (Lipinski definition) is 1. The highest BCUT2D eigenvalue weighted by molar-refractivity contribution is 9.10. The molecule has 0 saturated heterocycles. The van der Waals surface area contributed by atoms with Gasteiger partial charge in [-0.15, -0.1) is 0 Å². The zero-order valence-electron chi connectivity index (χ0n) is 8.63. The van der Waals surface area contributed by atoms with Crippen LogP contribution in [0.4, 0.5) is 9.52 Å². The fourth-order valence-corrected chi connectivity index (χ4v) is 2.94. The summed E-state index contributed by atoms with van der Waals surface area (Å²) in [6.07, 6.45) is 1.79. The van der Waals surface area contributed by atoms with E-state index in [0.29, 0.717) is 0 Å². The zero-order chi connectivity index (χ0) is 11.5. The molecule has 1 aromatic heterocycles. The Morgan fingerprint density at radius 2 is 2.31 bits per heavy atom. The normalized spacial score (nSPS) is 10.4. The molecule has 16 heavy (non-hydrogen) atoms. The van der Waals surface area contributed by atoms with Gasteiger partial charge in [-0.2, -0.15) is 0 Å². The Bertz CT molecular complexity index is 498. The van der Waals surface area contributed by atoms with E-state index in [0.717, 1.165) is 26.6 Å². The number of nitrogens with one attached hydrogen (secondary N) is 1. The van der Waals surface area contributed by atoms with Gasteiger partial charge in [-0.1, -0.05) is 27.3 Å². The third kappa shape index (κ3) is 2.41. The van der Waals surface area contributed by atoms with E-state index in [2.05, 4.69) is 26.2 Å². The lowest BCUT2D eigenvalue weighted by molar-refractivity contribution is 0.627. The smallest absolute Gasteiger partial charge is 0.183 e. The summed E-state index contributed by atoms with van der Waals surface area (Å²) in [7, 11) is 0. The van der Waals surface area contributed by atoms with Crippen LogP contribution in [0.15, 0.2) is 28.9 Å². The van der Waals surface area contributed by atoms with Crippen molar-refractivity contribution in [2.24, 2.45) is 0 Å². The Morgan fingerprint density at radius 3 is 3.00 bits per heavy atom. The maximum absolute atomic E-state index is 12.9. The third-order valence-electron chi connectivity index (χ3n) is 2.03. The lowest BCUT2D eigenvalue weighted by atomic mass is 10.2. The first-order valence-corrected chi connectivity index (χ1v) is 6.46. The highest BCUT2D eigenvalue weighted by atomic mass is 79.9. The molecule has 1 heterocycles. The molecule has 0 bridgehead atoms. The van der Waals surface area contributed by atoms with E-state index < -0.39 is 0 Å². The Balaban J connectivity index is 2.35. The van der Waals surface area contributed by atoms with Gasteiger partial charge in [0.2, 0.25) is 0 Å². The second-order valence-electron chi connectivity index (χ2n) is 3.18. The lowest BCUT2D eigenvalue weighted by Crippen LogP contribution is -1.94. The largest absolute Gasteiger partial charge is 0.362 e. The van der Waals surface area contributed by atoms with Crippen LogP contribution in [0.3, 0.4) is 0 Å². The quantitative estimate of drug-likeness (QED) is 0.921. The minimum Gasteiger partial charge on any atom is -0.362 e. The standard InChI is InChI=1S/C11H10BrFN2S/c1-2-14-11-15-6-10(16-11)8-4-3-7(13)5-9(8)12/h3-6H,2H2,1H3,(H,14,15). The number of thiazole rings is 1. The zero-order valence-corrected chi connectivity index (χ0v) is 11.0.